The lowest BCUT2D eigenvalue weighted by molar-refractivity contribution is -0.138. The van der Waals surface area contributed by atoms with Gasteiger partial charge in [0.1, 0.15) is 5.78 Å². The number of rotatable bonds is 5. The van der Waals surface area contributed by atoms with Gasteiger partial charge in [-0.1, -0.05) is 13.8 Å². The van der Waals surface area contributed by atoms with E-state index in [0.717, 1.165) is 38.8 Å². The van der Waals surface area contributed by atoms with Crippen LogP contribution in [0, 0.1) is 5.92 Å². The summed E-state index contributed by atoms with van der Waals surface area (Å²) in [6.07, 6.45) is 4.83. The maximum absolute atomic E-state index is 12.3. The van der Waals surface area contributed by atoms with Gasteiger partial charge in [0.05, 0.1) is 5.60 Å². The minimum atomic E-state index is 0.0370. The second kappa shape index (κ2) is 7.09. The molecule has 0 aromatic heterocycles. The van der Waals surface area contributed by atoms with Crippen LogP contribution in [0.1, 0.15) is 46.0 Å². The van der Waals surface area contributed by atoms with Crippen LogP contribution in [0.25, 0.3) is 0 Å². The van der Waals surface area contributed by atoms with Crippen LogP contribution >= 0.6 is 11.8 Å². The number of carbonyl (C=O) groups is 1. The van der Waals surface area contributed by atoms with E-state index in [2.05, 4.69) is 19.2 Å². The van der Waals surface area contributed by atoms with Crippen molar-refractivity contribution in [1.29, 1.82) is 0 Å². The molecular weight excluding hydrogens is 258 g/mol. The van der Waals surface area contributed by atoms with E-state index < -0.39 is 0 Å². The van der Waals surface area contributed by atoms with Crippen molar-refractivity contribution in [2.45, 2.75) is 57.6 Å². The van der Waals surface area contributed by atoms with Gasteiger partial charge < -0.3 is 10.1 Å². The van der Waals surface area contributed by atoms with Crippen molar-refractivity contribution >= 4 is 17.5 Å². The SMILES string of the molecule is CC(C)NCCC(=O)C1CCOC2(CCSCC2)C1. The van der Waals surface area contributed by atoms with E-state index in [-0.39, 0.29) is 11.5 Å². The van der Waals surface area contributed by atoms with Gasteiger partial charge in [-0.15, -0.1) is 0 Å². The van der Waals surface area contributed by atoms with Crippen molar-refractivity contribution in [2.75, 3.05) is 24.7 Å². The van der Waals surface area contributed by atoms with E-state index in [0.29, 0.717) is 18.2 Å². The van der Waals surface area contributed by atoms with Gasteiger partial charge >= 0.3 is 0 Å². The van der Waals surface area contributed by atoms with E-state index in [9.17, 15) is 4.79 Å². The van der Waals surface area contributed by atoms with E-state index >= 15 is 0 Å². The number of nitrogens with one attached hydrogen (secondary N) is 1. The molecule has 2 heterocycles. The van der Waals surface area contributed by atoms with Crippen molar-refractivity contribution < 1.29 is 9.53 Å². The Morgan fingerprint density at radius 3 is 2.84 bits per heavy atom. The van der Waals surface area contributed by atoms with E-state index in [1.54, 1.807) is 0 Å². The zero-order chi connectivity index (χ0) is 13.7. The summed E-state index contributed by atoms with van der Waals surface area (Å²) < 4.78 is 6.05. The molecule has 2 fully saturated rings. The number of hydrogen-bond acceptors (Lipinski definition) is 4. The summed E-state index contributed by atoms with van der Waals surface area (Å²) in [6, 6.07) is 0.462. The van der Waals surface area contributed by atoms with Crippen LogP contribution < -0.4 is 5.32 Å². The average molecular weight is 285 g/mol. The molecule has 0 aliphatic carbocycles. The first-order valence-electron chi connectivity index (χ1n) is 7.59. The summed E-state index contributed by atoms with van der Waals surface area (Å²) >= 11 is 2.01. The lowest BCUT2D eigenvalue weighted by Gasteiger charge is -2.43. The van der Waals surface area contributed by atoms with Crippen LogP contribution in [-0.4, -0.2) is 42.1 Å². The van der Waals surface area contributed by atoms with Crippen molar-refractivity contribution in [3.05, 3.63) is 0 Å². The first-order valence-corrected chi connectivity index (χ1v) is 8.75. The highest BCUT2D eigenvalue weighted by molar-refractivity contribution is 7.99. The highest BCUT2D eigenvalue weighted by Gasteiger charge is 2.40. The Hall–Kier alpha value is -0.0600. The Balaban J connectivity index is 1.81. The number of Topliss-reactive ketones (excluding diaryl/α,β-unsaturated/α-hetero) is 1. The Bertz CT molecular complexity index is 295. The highest BCUT2D eigenvalue weighted by Crippen LogP contribution is 2.40. The first kappa shape index (κ1) is 15.3. The smallest absolute Gasteiger partial charge is 0.137 e. The molecule has 0 aromatic carbocycles. The molecule has 2 aliphatic rings. The van der Waals surface area contributed by atoms with Crippen molar-refractivity contribution in [3.63, 3.8) is 0 Å². The Kier molecular flexibility index (Phi) is 5.72. The fourth-order valence-electron chi connectivity index (χ4n) is 3.08. The monoisotopic (exact) mass is 285 g/mol. The largest absolute Gasteiger partial charge is 0.375 e. The van der Waals surface area contributed by atoms with Crippen molar-refractivity contribution in [3.8, 4) is 0 Å². The summed E-state index contributed by atoms with van der Waals surface area (Å²) in [5, 5.41) is 3.33. The normalized spacial score (nSPS) is 26.8. The maximum atomic E-state index is 12.3. The molecule has 1 N–H and O–H groups in total. The maximum Gasteiger partial charge on any atom is 0.137 e. The van der Waals surface area contributed by atoms with E-state index in [1.165, 1.54) is 11.5 Å². The Morgan fingerprint density at radius 2 is 2.16 bits per heavy atom. The molecule has 1 atom stereocenters. The van der Waals surface area contributed by atoms with Crippen LogP contribution in [0.15, 0.2) is 0 Å². The number of hydrogen-bond donors (Lipinski definition) is 1. The third kappa shape index (κ3) is 4.47. The summed E-state index contributed by atoms with van der Waals surface area (Å²) in [6.45, 7) is 5.83. The van der Waals surface area contributed by atoms with E-state index in [1.807, 2.05) is 11.8 Å². The number of ketones is 1. The molecule has 4 heteroatoms. The predicted octanol–water partition coefficient (Wildman–Crippen LogP) is 2.64. The lowest BCUT2D eigenvalue weighted by atomic mass is 9.79. The molecule has 0 radical (unpaired) electrons. The Morgan fingerprint density at radius 1 is 1.42 bits per heavy atom. The molecule has 1 unspecified atom stereocenters. The van der Waals surface area contributed by atoms with Gasteiger partial charge in [0.15, 0.2) is 0 Å². The van der Waals surface area contributed by atoms with Crippen LogP contribution in [-0.2, 0) is 9.53 Å². The molecule has 0 amide bonds. The summed E-state index contributed by atoms with van der Waals surface area (Å²) in [7, 11) is 0. The van der Waals surface area contributed by atoms with Crippen LogP contribution in [0.5, 0.6) is 0 Å². The molecular formula is C15H27NO2S. The molecule has 110 valence electrons. The summed E-state index contributed by atoms with van der Waals surface area (Å²) in [5.74, 6) is 3.06. The third-order valence-corrected chi connectivity index (χ3v) is 5.26. The zero-order valence-corrected chi connectivity index (χ0v) is 13.1. The van der Waals surface area contributed by atoms with Crippen LogP contribution in [0.4, 0.5) is 0 Å². The van der Waals surface area contributed by atoms with Crippen LogP contribution in [0.3, 0.4) is 0 Å². The molecule has 0 saturated carbocycles. The van der Waals surface area contributed by atoms with E-state index in [4.69, 9.17) is 4.74 Å². The quantitative estimate of drug-likeness (QED) is 0.843. The number of ether oxygens (including phenoxy) is 1. The van der Waals surface area contributed by atoms with Gasteiger partial charge in [-0.25, -0.2) is 0 Å². The lowest BCUT2D eigenvalue weighted by Crippen LogP contribution is -2.44. The standard InChI is InChI=1S/C15H27NO2S/c1-12(2)16-7-3-14(17)13-4-8-18-15(11-13)5-9-19-10-6-15/h12-13,16H,3-11H2,1-2H3. The second-order valence-electron chi connectivity index (χ2n) is 6.16. The summed E-state index contributed by atoms with van der Waals surface area (Å²) in [5.41, 5.74) is 0.0370. The van der Waals surface area contributed by atoms with Gasteiger partial charge in [0.2, 0.25) is 0 Å². The third-order valence-electron chi connectivity index (χ3n) is 4.28. The minimum absolute atomic E-state index is 0.0370. The number of carbonyl (C=O) groups excluding carboxylic acids is 1. The fraction of sp³-hybridized carbons (Fsp3) is 0.933. The molecule has 1 spiro atoms. The molecule has 0 aromatic rings. The van der Waals surface area contributed by atoms with Crippen molar-refractivity contribution in [2.24, 2.45) is 5.92 Å². The van der Waals surface area contributed by atoms with Gasteiger partial charge in [-0.05, 0) is 37.2 Å². The topological polar surface area (TPSA) is 38.3 Å². The molecule has 19 heavy (non-hydrogen) atoms. The first-order chi connectivity index (χ1) is 9.11. The highest BCUT2D eigenvalue weighted by atomic mass is 32.2. The summed E-state index contributed by atoms with van der Waals surface area (Å²) in [4.78, 5) is 12.3. The van der Waals surface area contributed by atoms with Gasteiger partial charge in [0, 0.05) is 31.5 Å². The van der Waals surface area contributed by atoms with Gasteiger partial charge in [-0.3, -0.25) is 4.79 Å². The van der Waals surface area contributed by atoms with Crippen molar-refractivity contribution in [1.82, 2.24) is 5.32 Å². The number of thioether (sulfide) groups is 1. The molecule has 2 saturated heterocycles. The minimum Gasteiger partial charge on any atom is -0.375 e. The van der Waals surface area contributed by atoms with Gasteiger partial charge in [0.25, 0.3) is 0 Å². The Labute approximate surface area is 121 Å². The molecule has 2 aliphatic heterocycles. The van der Waals surface area contributed by atoms with Crippen LogP contribution in [0.2, 0.25) is 0 Å². The zero-order valence-electron chi connectivity index (χ0n) is 12.2. The second-order valence-corrected chi connectivity index (χ2v) is 7.38. The predicted molar refractivity (Wildman–Crippen MR) is 80.7 cm³/mol. The van der Waals surface area contributed by atoms with Gasteiger partial charge in [-0.2, -0.15) is 11.8 Å². The average Bonchev–Trinajstić information content (AvgIpc) is 2.39. The fourth-order valence-corrected chi connectivity index (χ4v) is 4.32. The molecule has 0 bridgehead atoms. The molecule has 2 rings (SSSR count). The molecule has 3 nitrogen and oxygen atoms in total.